The van der Waals surface area contributed by atoms with E-state index in [1.165, 1.54) is 6.07 Å². The topological polar surface area (TPSA) is 110 Å². The Labute approximate surface area is 187 Å². The minimum absolute atomic E-state index is 0.0530. The number of ketones is 1. The molecule has 0 aliphatic heterocycles. The van der Waals surface area contributed by atoms with Gasteiger partial charge in [-0.15, -0.1) is 0 Å². The number of anilines is 1. The van der Waals surface area contributed by atoms with E-state index in [1.807, 2.05) is 20.8 Å². The SMILES string of the molecule is CCc1nn(-c2cc(F)c(C(N)=O)c(N[C@H]3CCCC[C@@H]3O)c2)c2c1C(=O)CC(C)(C)C2. The maximum Gasteiger partial charge on any atom is 0.253 e. The lowest BCUT2D eigenvalue weighted by molar-refractivity contribution is 0.0909. The zero-order chi connectivity index (χ0) is 23.2. The number of nitrogens with zero attached hydrogens (tertiary/aromatic N) is 2. The number of hydrogen-bond acceptors (Lipinski definition) is 5. The van der Waals surface area contributed by atoms with E-state index in [4.69, 9.17) is 5.73 Å². The molecular formula is C24H31FN4O3. The number of aliphatic hydroxyl groups excluding tert-OH is 1. The van der Waals surface area contributed by atoms with Crippen LogP contribution >= 0.6 is 0 Å². The lowest BCUT2D eigenvalue weighted by Crippen LogP contribution is -2.37. The van der Waals surface area contributed by atoms with Gasteiger partial charge in [0.2, 0.25) is 0 Å². The van der Waals surface area contributed by atoms with Crippen LogP contribution in [0.5, 0.6) is 0 Å². The van der Waals surface area contributed by atoms with E-state index < -0.39 is 17.8 Å². The minimum Gasteiger partial charge on any atom is -0.391 e. The molecule has 1 heterocycles. The number of nitrogens with two attached hydrogens (primary N) is 1. The van der Waals surface area contributed by atoms with Gasteiger partial charge in [-0.1, -0.05) is 33.6 Å². The Hall–Kier alpha value is -2.74. The molecule has 2 atom stereocenters. The Morgan fingerprint density at radius 1 is 1.31 bits per heavy atom. The summed E-state index contributed by atoms with van der Waals surface area (Å²) < 4.78 is 16.8. The highest BCUT2D eigenvalue weighted by Gasteiger charge is 2.36. The van der Waals surface area contributed by atoms with Gasteiger partial charge in [-0.05, 0) is 37.2 Å². The van der Waals surface area contributed by atoms with Crippen molar-refractivity contribution in [2.24, 2.45) is 11.1 Å². The summed E-state index contributed by atoms with van der Waals surface area (Å²) in [7, 11) is 0. The Morgan fingerprint density at radius 3 is 2.69 bits per heavy atom. The molecule has 2 aromatic rings. The monoisotopic (exact) mass is 442 g/mol. The van der Waals surface area contributed by atoms with Crippen LogP contribution in [-0.2, 0) is 12.8 Å². The quantitative estimate of drug-likeness (QED) is 0.656. The Balaban J connectivity index is 1.84. The largest absolute Gasteiger partial charge is 0.391 e. The summed E-state index contributed by atoms with van der Waals surface area (Å²) in [5.41, 5.74) is 7.76. The number of carbonyl (C=O) groups is 2. The molecule has 2 aliphatic carbocycles. The van der Waals surface area contributed by atoms with Crippen LogP contribution in [0.2, 0.25) is 0 Å². The van der Waals surface area contributed by atoms with Crippen LogP contribution in [-0.4, -0.2) is 38.7 Å². The number of rotatable bonds is 5. The lowest BCUT2D eigenvalue weighted by atomic mass is 9.75. The van der Waals surface area contributed by atoms with Crippen LogP contribution in [0.4, 0.5) is 10.1 Å². The minimum atomic E-state index is -0.880. The second kappa shape index (κ2) is 8.31. The van der Waals surface area contributed by atoms with Gasteiger partial charge in [-0.25, -0.2) is 9.07 Å². The van der Waals surface area contributed by atoms with E-state index in [2.05, 4.69) is 10.4 Å². The second-order valence-electron chi connectivity index (χ2n) is 9.79. The first kappa shape index (κ1) is 22.5. The zero-order valence-electron chi connectivity index (χ0n) is 18.9. The van der Waals surface area contributed by atoms with E-state index >= 15 is 4.39 Å². The molecule has 32 heavy (non-hydrogen) atoms. The lowest BCUT2D eigenvalue weighted by Gasteiger charge is -2.30. The number of nitrogens with one attached hydrogen (secondary N) is 1. The van der Waals surface area contributed by atoms with Crippen LogP contribution in [0.1, 0.15) is 85.0 Å². The summed E-state index contributed by atoms with van der Waals surface area (Å²) >= 11 is 0. The number of fused-ring (bicyclic) bond motifs is 1. The summed E-state index contributed by atoms with van der Waals surface area (Å²) in [4.78, 5) is 24.9. The number of benzene rings is 1. The third-order valence-electron chi connectivity index (χ3n) is 6.59. The van der Waals surface area contributed by atoms with Gasteiger partial charge in [0.05, 0.1) is 46.0 Å². The molecule has 2 aliphatic rings. The van der Waals surface area contributed by atoms with E-state index in [-0.39, 0.29) is 28.5 Å². The molecular weight excluding hydrogens is 411 g/mol. The fourth-order valence-electron chi connectivity index (χ4n) is 5.05. The van der Waals surface area contributed by atoms with Gasteiger partial charge in [0.1, 0.15) is 5.82 Å². The highest BCUT2D eigenvalue weighted by molar-refractivity contribution is 6.00. The van der Waals surface area contributed by atoms with E-state index in [9.17, 15) is 14.7 Å². The highest BCUT2D eigenvalue weighted by Crippen LogP contribution is 2.38. The highest BCUT2D eigenvalue weighted by atomic mass is 19.1. The molecule has 0 bridgehead atoms. The van der Waals surface area contributed by atoms with Crippen molar-refractivity contribution in [2.45, 2.75) is 77.9 Å². The van der Waals surface area contributed by atoms with Crippen molar-refractivity contribution in [2.75, 3.05) is 5.32 Å². The molecule has 4 N–H and O–H groups in total. The van der Waals surface area contributed by atoms with E-state index in [1.54, 1.807) is 10.7 Å². The van der Waals surface area contributed by atoms with Crippen molar-refractivity contribution in [1.82, 2.24) is 9.78 Å². The summed E-state index contributed by atoms with van der Waals surface area (Å²) in [6.07, 6.45) is 4.30. The number of aryl methyl sites for hydroxylation is 1. The molecule has 8 heteroatoms. The predicted octanol–water partition coefficient (Wildman–Crippen LogP) is 3.54. The van der Waals surface area contributed by atoms with Crippen LogP contribution in [0.15, 0.2) is 12.1 Å². The number of amides is 1. The van der Waals surface area contributed by atoms with Gasteiger partial charge < -0.3 is 16.2 Å². The van der Waals surface area contributed by atoms with Gasteiger partial charge in [-0.3, -0.25) is 9.59 Å². The Bertz CT molecular complexity index is 1080. The van der Waals surface area contributed by atoms with Gasteiger partial charge in [0, 0.05) is 12.5 Å². The molecule has 1 amide bonds. The van der Waals surface area contributed by atoms with Crippen molar-refractivity contribution in [3.63, 3.8) is 0 Å². The number of halogens is 1. The molecule has 7 nitrogen and oxygen atoms in total. The van der Waals surface area contributed by atoms with E-state index in [0.29, 0.717) is 49.0 Å². The first-order chi connectivity index (χ1) is 15.1. The molecule has 172 valence electrons. The van der Waals surface area contributed by atoms with Crippen LogP contribution in [0.25, 0.3) is 5.69 Å². The van der Waals surface area contributed by atoms with Gasteiger partial charge in [-0.2, -0.15) is 5.10 Å². The van der Waals surface area contributed by atoms with Crippen molar-refractivity contribution >= 4 is 17.4 Å². The molecule has 0 spiro atoms. The molecule has 1 aromatic carbocycles. The smallest absolute Gasteiger partial charge is 0.253 e. The number of primary amides is 1. The Kier molecular flexibility index (Phi) is 5.83. The summed E-state index contributed by atoms with van der Waals surface area (Å²) in [6.45, 7) is 6.00. The average molecular weight is 443 g/mol. The third kappa shape index (κ3) is 4.03. The van der Waals surface area contributed by atoms with Gasteiger partial charge >= 0.3 is 0 Å². The van der Waals surface area contributed by atoms with Gasteiger partial charge in [0.25, 0.3) is 5.91 Å². The third-order valence-corrected chi connectivity index (χ3v) is 6.59. The molecule has 1 aromatic heterocycles. The number of Topliss-reactive ketones (excluding diaryl/α,β-unsaturated/α-hetero) is 1. The predicted molar refractivity (Wildman–Crippen MR) is 120 cm³/mol. The summed E-state index contributed by atoms with van der Waals surface area (Å²) in [6, 6.07) is 2.58. The fourth-order valence-corrected chi connectivity index (χ4v) is 5.05. The standard InChI is InChI=1S/C24H31FN4O3/c1-4-15-22-18(11-24(2,3)12-20(22)31)29(28-15)13-9-14(25)21(23(26)32)17(10-13)27-16-7-5-6-8-19(16)30/h9-10,16,19,27,30H,4-8,11-12H2,1-3H3,(H2,26,32)/t16-,19-/m0/s1. The van der Waals surface area contributed by atoms with Crippen molar-refractivity contribution in [3.05, 3.63) is 40.5 Å². The summed E-state index contributed by atoms with van der Waals surface area (Å²) in [5.74, 6) is -1.58. The van der Waals surface area contributed by atoms with Crippen LogP contribution in [0, 0.1) is 11.2 Å². The maximum absolute atomic E-state index is 15.1. The second-order valence-corrected chi connectivity index (χ2v) is 9.79. The maximum atomic E-state index is 15.1. The van der Waals surface area contributed by atoms with Crippen molar-refractivity contribution < 1.29 is 19.1 Å². The van der Waals surface area contributed by atoms with Crippen molar-refractivity contribution in [1.29, 1.82) is 0 Å². The molecule has 1 saturated carbocycles. The average Bonchev–Trinajstić information content (AvgIpc) is 3.06. The number of carbonyl (C=O) groups excluding carboxylic acids is 2. The van der Waals surface area contributed by atoms with Crippen LogP contribution in [0.3, 0.4) is 0 Å². The molecule has 4 rings (SSSR count). The molecule has 1 fully saturated rings. The molecule has 0 saturated heterocycles. The summed E-state index contributed by atoms with van der Waals surface area (Å²) in [5, 5.41) is 18.2. The zero-order valence-corrected chi connectivity index (χ0v) is 18.9. The normalized spacial score (nSPS) is 22.5. The Morgan fingerprint density at radius 2 is 2.03 bits per heavy atom. The number of hydrogen-bond donors (Lipinski definition) is 3. The first-order valence-electron chi connectivity index (χ1n) is 11.3. The number of aromatic nitrogens is 2. The van der Waals surface area contributed by atoms with Crippen LogP contribution < -0.4 is 11.1 Å². The van der Waals surface area contributed by atoms with Gasteiger partial charge in [0.15, 0.2) is 5.78 Å². The molecule has 0 unspecified atom stereocenters. The number of aliphatic hydroxyl groups is 1. The fraction of sp³-hybridized carbons (Fsp3) is 0.542. The van der Waals surface area contributed by atoms with E-state index in [0.717, 1.165) is 18.5 Å². The molecule has 0 radical (unpaired) electrons. The first-order valence-corrected chi connectivity index (χ1v) is 11.3. The van der Waals surface area contributed by atoms with Crippen molar-refractivity contribution in [3.8, 4) is 5.69 Å².